The van der Waals surface area contributed by atoms with Crippen LogP contribution in [-0.4, -0.2) is 18.7 Å². The minimum absolute atomic E-state index is 0.00313. The number of hydrogen-bond donors (Lipinski definition) is 0. The van der Waals surface area contributed by atoms with Crippen LogP contribution in [0.15, 0.2) is 121 Å². The van der Waals surface area contributed by atoms with Crippen LogP contribution >= 0.6 is 0 Å². The van der Waals surface area contributed by atoms with Crippen molar-refractivity contribution in [1.82, 2.24) is 18.7 Å². The molecule has 56 heavy (non-hydrogen) atoms. The molecular weight excluding hydrogens is 868 g/mol. The first-order valence-corrected chi connectivity index (χ1v) is 20.8. The number of aryl methyl sites for hydroxylation is 1. The molecule has 5 nitrogen and oxygen atoms in total. The van der Waals surface area contributed by atoms with E-state index in [-0.39, 0.29) is 21.7 Å². The van der Waals surface area contributed by atoms with Gasteiger partial charge in [0.15, 0.2) is 0 Å². The number of imidazole rings is 1. The summed E-state index contributed by atoms with van der Waals surface area (Å²) in [5.41, 5.74) is 12.2. The van der Waals surface area contributed by atoms with Crippen molar-refractivity contribution in [2.75, 3.05) is 0 Å². The Kier molecular flexibility index (Phi) is 8.18. The Balaban J connectivity index is 1.18. The number of pyridine rings is 1. The Morgan fingerprint density at radius 2 is 1.29 bits per heavy atom. The third-order valence-electron chi connectivity index (χ3n) is 13.5. The zero-order valence-electron chi connectivity index (χ0n) is 34.1. The summed E-state index contributed by atoms with van der Waals surface area (Å²) in [5, 5.41) is 2.53. The SMILES string of the molecule is Cc1ccnc(-n2c3cc(Oc4cccc(-n5[c](=[Pt])n(-c6ccc(C(C)(C)C)cc6)c6ccccc65)c4)ccc3c3c4c(ccc32)C(C)(C)C(C)(C)C4(C)C)c1. The molecule has 1 aliphatic rings. The van der Waals surface area contributed by atoms with Crippen molar-refractivity contribution < 1.29 is 24.1 Å². The monoisotopic (exact) mass is 917 g/mol. The van der Waals surface area contributed by atoms with Crippen LogP contribution in [0, 0.1) is 16.1 Å². The van der Waals surface area contributed by atoms with Crippen molar-refractivity contribution >= 4 is 32.8 Å². The molecule has 0 radical (unpaired) electrons. The second kappa shape index (κ2) is 12.5. The molecule has 0 saturated heterocycles. The van der Waals surface area contributed by atoms with Crippen LogP contribution in [0.2, 0.25) is 0 Å². The van der Waals surface area contributed by atoms with Crippen LogP contribution in [0.25, 0.3) is 50.0 Å². The van der Waals surface area contributed by atoms with Gasteiger partial charge in [-0.25, -0.2) is 0 Å². The topological polar surface area (TPSA) is 36.9 Å². The Morgan fingerprint density at radius 1 is 0.607 bits per heavy atom. The van der Waals surface area contributed by atoms with Crippen LogP contribution in [0.1, 0.15) is 84.6 Å². The van der Waals surface area contributed by atoms with Gasteiger partial charge in [-0.05, 0) is 40.4 Å². The van der Waals surface area contributed by atoms with Gasteiger partial charge in [0.2, 0.25) is 0 Å². The molecule has 0 bridgehead atoms. The van der Waals surface area contributed by atoms with E-state index in [0.29, 0.717) is 0 Å². The van der Waals surface area contributed by atoms with Gasteiger partial charge >= 0.3 is 249 Å². The summed E-state index contributed by atoms with van der Waals surface area (Å²) in [5.74, 6) is 2.47. The van der Waals surface area contributed by atoms with E-state index < -0.39 is 0 Å². The van der Waals surface area contributed by atoms with Crippen molar-refractivity contribution in [2.24, 2.45) is 5.41 Å². The van der Waals surface area contributed by atoms with Crippen molar-refractivity contribution in [3.63, 3.8) is 0 Å². The summed E-state index contributed by atoms with van der Waals surface area (Å²) in [6.45, 7) is 23.4. The molecule has 0 saturated carbocycles. The number of benzene rings is 5. The fraction of sp³-hybridized carbons (Fsp3) is 0.280. The number of para-hydroxylation sites is 2. The Morgan fingerprint density at radius 3 is 1.96 bits per heavy atom. The van der Waals surface area contributed by atoms with Gasteiger partial charge in [-0.15, -0.1) is 0 Å². The molecule has 8 aromatic rings. The summed E-state index contributed by atoms with van der Waals surface area (Å²) < 4.78 is 14.9. The van der Waals surface area contributed by atoms with E-state index in [1.165, 1.54) is 38.5 Å². The molecule has 0 fully saturated rings. The van der Waals surface area contributed by atoms with Crippen LogP contribution < -0.4 is 4.74 Å². The fourth-order valence-electron chi connectivity index (χ4n) is 9.18. The third kappa shape index (κ3) is 5.30. The molecule has 0 N–H and O–H groups in total. The van der Waals surface area contributed by atoms with E-state index >= 15 is 0 Å². The van der Waals surface area contributed by atoms with Gasteiger partial charge in [-0.2, -0.15) is 0 Å². The van der Waals surface area contributed by atoms with Crippen LogP contribution in [-0.2, 0) is 35.6 Å². The van der Waals surface area contributed by atoms with Crippen molar-refractivity contribution in [1.29, 1.82) is 0 Å². The normalized spacial score (nSPS) is 15.9. The van der Waals surface area contributed by atoms with Crippen LogP contribution in [0.4, 0.5) is 0 Å². The summed E-state index contributed by atoms with van der Waals surface area (Å²) in [6.07, 6.45) is 1.91. The summed E-state index contributed by atoms with van der Waals surface area (Å²) in [4.78, 5) is 4.92. The third-order valence-corrected chi connectivity index (χ3v) is 14.5. The predicted molar refractivity (Wildman–Crippen MR) is 228 cm³/mol. The average molecular weight is 918 g/mol. The van der Waals surface area contributed by atoms with Gasteiger partial charge < -0.3 is 0 Å². The molecule has 286 valence electrons. The van der Waals surface area contributed by atoms with E-state index in [1.807, 2.05) is 12.3 Å². The standard InChI is InChI=1S/C50H50N4O.Pt/c1-32-26-27-51-44(28-32)54-42-25-24-39-46(49(7,8)50(9,10)48(39,5)6)45(42)38-23-22-37(30-43(38)54)55-36-15-13-14-35(29-36)53-31-52(40-16-11-12-17-41(40)53)34-20-18-33(19-21-34)47(2,3)4;/h11-30H,1-10H3;. The van der Waals surface area contributed by atoms with Crippen LogP contribution in [0.3, 0.4) is 0 Å². The van der Waals surface area contributed by atoms with Crippen LogP contribution in [0.5, 0.6) is 11.5 Å². The minimum atomic E-state index is -0.0612. The minimum Gasteiger partial charge on any atom is -0.0582 e. The Hall–Kier alpha value is -4.99. The molecule has 3 heterocycles. The second-order valence-corrected chi connectivity index (χ2v) is 19.3. The number of nitrogens with zero attached hydrogens (tertiary/aromatic N) is 4. The quantitative estimate of drug-likeness (QED) is 0.172. The molecule has 0 unspecified atom stereocenters. The molecule has 3 aromatic heterocycles. The van der Waals surface area contributed by atoms with Crippen molar-refractivity contribution in [3.8, 4) is 28.7 Å². The smallest absolute Gasteiger partial charge is 0.0582 e. The molecule has 9 rings (SSSR count). The predicted octanol–water partition coefficient (Wildman–Crippen LogP) is 13.0. The molecule has 0 spiro atoms. The van der Waals surface area contributed by atoms with Gasteiger partial charge in [0.05, 0.1) is 0 Å². The zero-order chi connectivity index (χ0) is 39.5. The number of fused-ring (bicyclic) bond motifs is 6. The average Bonchev–Trinajstić information content (AvgIpc) is 3.68. The molecule has 6 heteroatoms. The van der Waals surface area contributed by atoms with Gasteiger partial charge in [0, 0.05) is 6.20 Å². The molecule has 0 amide bonds. The number of hydrogen-bond acceptors (Lipinski definition) is 2. The first kappa shape index (κ1) is 36.6. The maximum absolute atomic E-state index is 6.79. The molecule has 5 aromatic carbocycles. The summed E-state index contributed by atoms with van der Waals surface area (Å²) in [6, 6.07) is 41.5. The van der Waals surface area contributed by atoms with E-state index in [2.05, 4.69) is 211 Å². The molecule has 0 aliphatic heterocycles. The van der Waals surface area contributed by atoms with Gasteiger partial charge in [-0.3, -0.25) is 0 Å². The first-order valence-electron chi connectivity index (χ1n) is 19.6. The molecule has 0 atom stereocenters. The maximum atomic E-state index is 6.79. The first-order chi connectivity index (χ1) is 26.5. The van der Waals surface area contributed by atoms with Gasteiger partial charge in [0.1, 0.15) is 0 Å². The van der Waals surface area contributed by atoms with E-state index in [1.54, 1.807) is 0 Å². The van der Waals surface area contributed by atoms with Crippen molar-refractivity contribution in [2.45, 2.75) is 85.5 Å². The second-order valence-electron chi connectivity index (χ2n) is 18.3. The van der Waals surface area contributed by atoms with Crippen molar-refractivity contribution in [3.05, 3.63) is 148 Å². The van der Waals surface area contributed by atoms with E-state index in [4.69, 9.17) is 9.72 Å². The molecular formula is C50H50N4OPt. The fourth-order valence-corrected chi connectivity index (χ4v) is 10.3. The van der Waals surface area contributed by atoms with E-state index in [0.717, 1.165) is 49.0 Å². The molecule has 1 aliphatic carbocycles. The zero-order valence-corrected chi connectivity index (χ0v) is 36.3. The number of ether oxygens (including phenoxy) is 1. The summed E-state index contributed by atoms with van der Waals surface area (Å²) >= 11 is 2.46. The Bertz CT molecular complexity index is 2930. The van der Waals surface area contributed by atoms with Gasteiger partial charge in [0.25, 0.3) is 0 Å². The Labute approximate surface area is 341 Å². The summed E-state index contributed by atoms with van der Waals surface area (Å²) in [7, 11) is 0. The number of aromatic nitrogens is 4. The van der Waals surface area contributed by atoms with Gasteiger partial charge in [-0.1, -0.05) is 47.6 Å². The van der Waals surface area contributed by atoms with E-state index in [9.17, 15) is 0 Å². The number of rotatable bonds is 5.